The fourth-order valence-corrected chi connectivity index (χ4v) is 3.94. The van der Waals surface area contributed by atoms with Gasteiger partial charge in [-0.15, -0.1) is 0 Å². The fraction of sp³-hybridized carbons (Fsp3) is 0.545. The second-order valence-corrected chi connectivity index (χ2v) is 7.77. The van der Waals surface area contributed by atoms with Crippen molar-refractivity contribution in [1.82, 2.24) is 15.3 Å². The van der Waals surface area contributed by atoms with Gasteiger partial charge >= 0.3 is 0 Å². The molecule has 2 aromatic rings. The zero-order chi connectivity index (χ0) is 18.8. The highest BCUT2D eigenvalue weighted by atomic mass is 16.5. The number of nitrogens with zero attached hydrogens (tertiary/aromatic N) is 3. The molecule has 0 amide bonds. The molecule has 1 fully saturated rings. The number of fused-ring (bicyclic) bond motifs is 1. The van der Waals surface area contributed by atoms with Crippen LogP contribution in [-0.4, -0.2) is 42.3 Å². The molecule has 1 aromatic carbocycles. The van der Waals surface area contributed by atoms with Crippen LogP contribution in [0.25, 0.3) is 11.4 Å². The Kier molecular flexibility index (Phi) is 5.41. The molecule has 3 heterocycles. The van der Waals surface area contributed by atoms with Gasteiger partial charge < -0.3 is 15.0 Å². The summed E-state index contributed by atoms with van der Waals surface area (Å²) >= 11 is 0. The highest BCUT2D eigenvalue weighted by Gasteiger charge is 2.27. The van der Waals surface area contributed by atoms with Crippen LogP contribution in [0.5, 0.6) is 0 Å². The molecule has 0 saturated carbocycles. The van der Waals surface area contributed by atoms with E-state index in [2.05, 4.69) is 55.3 Å². The molecule has 5 heteroatoms. The van der Waals surface area contributed by atoms with E-state index in [-0.39, 0.29) is 0 Å². The average molecular weight is 367 g/mol. The zero-order valence-corrected chi connectivity index (χ0v) is 16.7. The summed E-state index contributed by atoms with van der Waals surface area (Å²) in [6.45, 7) is 10.9. The van der Waals surface area contributed by atoms with Gasteiger partial charge in [0.15, 0.2) is 5.82 Å². The standard InChI is InChI=1S/C22H30N4O/c1-4-15(2)17-5-7-18(8-6-17)21-24-20-13-23-10-9-19(20)22(25-21)26-11-12-27-14-16(26)3/h5-8,15-16,23H,4,9-14H2,1-3H3. The first kappa shape index (κ1) is 18.4. The van der Waals surface area contributed by atoms with Crippen LogP contribution in [0.15, 0.2) is 24.3 Å². The molecule has 1 aromatic heterocycles. The third-order valence-electron chi connectivity index (χ3n) is 5.91. The van der Waals surface area contributed by atoms with Crippen LogP contribution < -0.4 is 10.2 Å². The molecule has 144 valence electrons. The quantitative estimate of drug-likeness (QED) is 0.897. The molecule has 0 radical (unpaired) electrons. The van der Waals surface area contributed by atoms with E-state index in [1.165, 1.54) is 11.1 Å². The van der Waals surface area contributed by atoms with Crippen molar-refractivity contribution >= 4 is 5.82 Å². The van der Waals surface area contributed by atoms with Gasteiger partial charge in [0.2, 0.25) is 0 Å². The van der Waals surface area contributed by atoms with E-state index in [0.29, 0.717) is 12.0 Å². The van der Waals surface area contributed by atoms with Gasteiger partial charge in [0.25, 0.3) is 0 Å². The summed E-state index contributed by atoms with van der Waals surface area (Å²) in [6, 6.07) is 9.13. The molecule has 4 rings (SSSR count). The normalized spacial score (nSPS) is 21.0. The maximum absolute atomic E-state index is 5.64. The van der Waals surface area contributed by atoms with Crippen molar-refractivity contribution in [2.45, 2.75) is 52.1 Å². The maximum atomic E-state index is 5.64. The van der Waals surface area contributed by atoms with Gasteiger partial charge in [0, 0.05) is 24.2 Å². The summed E-state index contributed by atoms with van der Waals surface area (Å²) in [5, 5.41) is 3.46. The molecule has 2 aliphatic heterocycles. The Morgan fingerprint density at radius 2 is 2.07 bits per heavy atom. The minimum absolute atomic E-state index is 0.341. The number of hydrogen-bond donors (Lipinski definition) is 1. The minimum atomic E-state index is 0.341. The number of hydrogen-bond acceptors (Lipinski definition) is 5. The fourth-order valence-electron chi connectivity index (χ4n) is 3.94. The summed E-state index contributed by atoms with van der Waals surface area (Å²) in [5.74, 6) is 2.53. The van der Waals surface area contributed by atoms with E-state index in [0.717, 1.165) is 68.6 Å². The van der Waals surface area contributed by atoms with Crippen molar-refractivity contribution in [3.05, 3.63) is 41.1 Å². The molecule has 27 heavy (non-hydrogen) atoms. The Morgan fingerprint density at radius 3 is 2.81 bits per heavy atom. The van der Waals surface area contributed by atoms with Crippen molar-refractivity contribution in [3.8, 4) is 11.4 Å². The lowest BCUT2D eigenvalue weighted by Crippen LogP contribution is -2.45. The summed E-state index contributed by atoms with van der Waals surface area (Å²) in [6.07, 6.45) is 2.14. The van der Waals surface area contributed by atoms with Crippen molar-refractivity contribution in [1.29, 1.82) is 0 Å². The molecular formula is C22H30N4O. The molecule has 1 N–H and O–H groups in total. The van der Waals surface area contributed by atoms with E-state index in [1.807, 2.05) is 0 Å². The largest absolute Gasteiger partial charge is 0.377 e. The van der Waals surface area contributed by atoms with Gasteiger partial charge in [-0.25, -0.2) is 9.97 Å². The summed E-state index contributed by atoms with van der Waals surface area (Å²) in [5.41, 5.74) is 4.92. The van der Waals surface area contributed by atoms with Crippen LogP contribution >= 0.6 is 0 Å². The van der Waals surface area contributed by atoms with Crippen LogP contribution in [0.1, 0.15) is 49.9 Å². The number of aromatic nitrogens is 2. The Morgan fingerprint density at radius 1 is 1.26 bits per heavy atom. The number of rotatable bonds is 4. The third kappa shape index (κ3) is 3.71. The number of nitrogens with one attached hydrogen (secondary N) is 1. The molecule has 5 nitrogen and oxygen atoms in total. The lowest BCUT2D eigenvalue weighted by atomic mass is 9.97. The van der Waals surface area contributed by atoms with Gasteiger partial charge in [0.05, 0.1) is 24.9 Å². The second-order valence-electron chi connectivity index (χ2n) is 7.77. The van der Waals surface area contributed by atoms with Gasteiger partial charge in [-0.2, -0.15) is 0 Å². The number of anilines is 1. The highest BCUT2D eigenvalue weighted by molar-refractivity contribution is 5.62. The first-order chi connectivity index (χ1) is 13.2. The number of morpholine rings is 1. The van der Waals surface area contributed by atoms with Crippen LogP contribution in [-0.2, 0) is 17.7 Å². The molecule has 2 unspecified atom stereocenters. The average Bonchev–Trinajstić information content (AvgIpc) is 2.73. The predicted molar refractivity (Wildman–Crippen MR) is 109 cm³/mol. The van der Waals surface area contributed by atoms with Gasteiger partial charge in [-0.05, 0) is 37.8 Å². The Balaban J connectivity index is 1.74. The predicted octanol–water partition coefficient (Wildman–Crippen LogP) is 3.53. The summed E-state index contributed by atoms with van der Waals surface area (Å²) < 4.78 is 5.64. The molecule has 0 spiro atoms. The van der Waals surface area contributed by atoms with E-state index in [9.17, 15) is 0 Å². The Hall–Kier alpha value is -1.98. The SMILES string of the molecule is CCC(C)c1ccc(-c2nc3c(c(N4CCOCC4C)n2)CCNC3)cc1. The molecule has 2 aliphatic rings. The smallest absolute Gasteiger partial charge is 0.161 e. The number of ether oxygens (including phenoxy) is 1. The molecular weight excluding hydrogens is 336 g/mol. The van der Waals surface area contributed by atoms with E-state index < -0.39 is 0 Å². The molecule has 1 saturated heterocycles. The minimum Gasteiger partial charge on any atom is -0.377 e. The van der Waals surface area contributed by atoms with Crippen molar-refractivity contribution in [2.75, 3.05) is 31.2 Å². The topological polar surface area (TPSA) is 50.3 Å². The lowest BCUT2D eigenvalue weighted by molar-refractivity contribution is 0.0984. The Labute approximate surface area is 162 Å². The van der Waals surface area contributed by atoms with E-state index >= 15 is 0 Å². The monoisotopic (exact) mass is 366 g/mol. The second kappa shape index (κ2) is 7.95. The lowest BCUT2D eigenvalue weighted by Gasteiger charge is -2.36. The molecule has 0 bridgehead atoms. The Bertz CT molecular complexity index is 790. The van der Waals surface area contributed by atoms with E-state index in [1.54, 1.807) is 0 Å². The van der Waals surface area contributed by atoms with Gasteiger partial charge in [0.1, 0.15) is 5.82 Å². The van der Waals surface area contributed by atoms with Gasteiger partial charge in [-0.3, -0.25) is 0 Å². The van der Waals surface area contributed by atoms with Crippen molar-refractivity contribution < 1.29 is 4.74 Å². The third-order valence-corrected chi connectivity index (χ3v) is 5.91. The summed E-state index contributed by atoms with van der Waals surface area (Å²) in [7, 11) is 0. The summed E-state index contributed by atoms with van der Waals surface area (Å²) in [4.78, 5) is 12.4. The van der Waals surface area contributed by atoms with E-state index in [4.69, 9.17) is 14.7 Å². The zero-order valence-electron chi connectivity index (χ0n) is 16.7. The number of benzene rings is 1. The molecule has 2 atom stereocenters. The van der Waals surface area contributed by atoms with Crippen molar-refractivity contribution in [2.24, 2.45) is 0 Å². The highest BCUT2D eigenvalue weighted by Crippen LogP contribution is 2.30. The maximum Gasteiger partial charge on any atom is 0.161 e. The molecule has 0 aliphatic carbocycles. The first-order valence-corrected chi connectivity index (χ1v) is 10.2. The first-order valence-electron chi connectivity index (χ1n) is 10.2. The van der Waals surface area contributed by atoms with Crippen LogP contribution in [0.4, 0.5) is 5.82 Å². The van der Waals surface area contributed by atoms with Crippen LogP contribution in [0.3, 0.4) is 0 Å². The van der Waals surface area contributed by atoms with Crippen LogP contribution in [0.2, 0.25) is 0 Å². The van der Waals surface area contributed by atoms with Crippen molar-refractivity contribution in [3.63, 3.8) is 0 Å². The van der Waals surface area contributed by atoms with Gasteiger partial charge in [-0.1, -0.05) is 38.1 Å². The van der Waals surface area contributed by atoms with Crippen LogP contribution in [0, 0.1) is 0 Å².